The number of anilines is 1. The van der Waals surface area contributed by atoms with Gasteiger partial charge in [0.15, 0.2) is 0 Å². The molecule has 1 aromatic carbocycles. The van der Waals surface area contributed by atoms with Gasteiger partial charge in [-0.25, -0.2) is 14.8 Å². The van der Waals surface area contributed by atoms with Crippen LogP contribution in [0.25, 0.3) is 0 Å². The van der Waals surface area contributed by atoms with Crippen LogP contribution in [0.2, 0.25) is 0 Å². The van der Waals surface area contributed by atoms with Crippen LogP contribution in [0.5, 0.6) is 0 Å². The molecular weight excluding hydrogens is 364 g/mol. The average Bonchev–Trinajstić information content (AvgIpc) is 3.08. The lowest BCUT2D eigenvalue weighted by Crippen LogP contribution is -2.38. The van der Waals surface area contributed by atoms with Crippen molar-refractivity contribution >= 4 is 11.9 Å². The Labute approximate surface area is 172 Å². The maximum Gasteiger partial charge on any atom is 0.415 e. The largest absolute Gasteiger partial charge is 0.447 e. The number of hydrogen-bond donors (Lipinski definition) is 0. The number of carbonyl (C=O) groups excluding carboxylic acids is 1. The highest BCUT2D eigenvalue weighted by atomic mass is 16.6. The molecule has 2 fully saturated rings. The third-order valence-electron chi connectivity index (χ3n) is 6.00. The fourth-order valence-corrected chi connectivity index (χ4v) is 4.33. The molecule has 2 aliphatic rings. The van der Waals surface area contributed by atoms with Crippen LogP contribution in [0.3, 0.4) is 0 Å². The molecule has 0 saturated carbocycles. The van der Waals surface area contributed by atoms with E-state index in [1.807, 2.05) is 31.2 Å². The minimum absolute atomic E-state index is 0.0464. The molecule has 1 aromatic heterocycles. The van der Waals surface area contributed by atoms with Gasteiger partial charge in [-0.3, -0.25) is 4.90 Å². The number of nitrogens with zero attached hydrogens (tertiary/aromatic N) is 4. The lowest BCUT2D eigenvalue weighted by atomic mass is 9.95. The molecule has 0 aliphatic carbocycles. The third-order valence-corrected chi connectivity index (χ3v) is 6.00. The van der Waals surface area contributed by atoms with E-state index < -0.39 is 0 Å². The summed E-state index contributed by atoms with van der Waals surface area (Å²) in [5.41, 5.74) is 2.09. The van der Waals surface area contributed by atoms with Crippen LogP contribution in [-0.2, 0) is 11.2 Å². The number of likely N-dealkylation sites (tertiary alicyclic amines) is 1. The molecule has 29 heavy (non-hydrogen) atoms. The van der Waals surface area contributed by atoms with Gasteiger partial charge in [0.05, 0.1) is 6.04 Å². The van der Waals surface area contributed by atoms with Gasteiger partial charge in [0, 0.05) is 23.7 Å². The smallest absolute Gasteiger partial charge is 0.415 e. The van der Waals surface area contributed by atoms with Gasteiger partial charge < -0.3 is 9.64 Å². The van der Waals surface area contributed by atoms with E-state index in [1.165, 1.54) is 5.56 Å². The van der Waals surface area contributed by atoms with Crippen molar-refractivity contribution in [2.75, 3.05) is 24.6 Å². The zero-order valence-corrected chi connectivity index (χ0v) is 17.5. The number of hydrogen-bond acceptors (Lipinski definition) is 5. The fraction of sp³-hybridized carbons (Fsp3) is 0.522. The van der Waals surface area contributed by atoms with Crippen LogP contribution < -0.4 is 4.90 Å². The van der Waals surface area contributed by atoms with Crippen LogP contribution in [0.4, 0.5) is 10.6 Å². The highest BCUT2D eigenvalue weighted by Crippen LogP contribution is 2.30. The Morgan fingerprint density at radius 1 is 1.14 bits per heavy atom. The zero-order chi connectivity index (χ0) is 20.4. The van der Waals surface area contributed by atoms with Crippen molar-refractivity contribution in [3.8, 4) is 0 Å². The summed E-state index contributed by atoms with van der Waals surface area (Å²) in [7, 11) is 0. The van der Waals surface area contributed by atoms with Crippen molar-refractivity contribution in [3.63, 3.8) is 0 Å². The summed E-state index contributed by atoms with van der Waals surface area (Å²) in [5.74, 6) is 1.87. The quantitative estimate of drug-likeness (QED) is 0.769. The van der Waals surface area contributed by atoms with Gasteiger partial charge in [-0.05, 0) is 58.7 Å². The molecule has 154 valence electrons. The van der Waals surface area contributed by atoms with Crippen molar-refractivity contribution in [1.29, 1.82) is 0 Å². The number of benzene rings is 1. The van der Waals surface area contributed by atoms with Gasteiger partial charge in [0.2, 0.25) is 0 Å². The van der Waals surface area contributed by atoms with E-state index in [9.17, 15) is 4.79 Å². The molecule has 0 unspecified atom stereocenters. The zero-order valence-electron chi connectivity index (χ0n) is 17.5. The first-order valence-electron chi connectivity index (χ1n) is 10.6. The summed E-state index contributed by atoms with van der Waals surface area (Å²) in [4.78, 5) is 26.3. The standard InChI is InChI=1S/C23H30N4O2/c1-16(2)26-11-9-19(10-12-26)22-24-17(3)13-21(25-22)27-20(15-29-23(27)28)14-18-7-5-4-6-8-18/h4-8,13,16,19-20H,9-12,14-15H2,1-3H3/t20-/m1/s1. The molecule has 6 nitrogen and oxygen atoms in total. The lowest BCUT2D eigenvalue weighted by molar-refractivity contribution is 0.169. The second-order valence-corrected chi connectivity index (χ2v) is 8.42. The minimum Gasteiger partial charge on any atom is -0.447 e. The van der Waals surface area contributed by atoms with E-state index in [4.69, 9.17) is 14.7 Å². The molecule has 1 amide bonds. The molecule has 2 aliphatic heterocycles. The Morgan fingerprint density at radius 2 is 1.86 bits per heavy atom. The summed E-state index contributed by atoms with van der Waals surface area (Å²) < 4.78 is 5.39. The normalized spacial score (nSPS) is 21.0. The fourth-order valence-electron chi connectivity index (χ4n) is 4.33. The van der Waals surface area contributed by atoms with Crippen LogP contribution in [-0.4, -0.2) is 52.7 Å². The van der Waals surface area contributed by atoms with Crippen LogP contribution in [0, 0.1) is 6.92 Å². The predicted molar refractivity (Wildman–Crippen MR) is 113 cm³/mol. The second-order valence-electron chi connectivity index (χ2n) is 8.42. The van der Waals surface area contributed by atoms with Gasteiger partial charge in [0.25, 0.3) is 0 Å². The lowest BCUT2D eigenvalue weighted by Gasteiger charge is -2.34. The number of cyclic esters (lactones) is 1. The molecule has 4 rings (SSSR count). The van der Waals surface area contributed by atoms with Crippen molar-refractivity contribution in [3.05, 3.63) is 53.5 Å². The summed E-state index contributed by atoms with van der Waals surface area (Å²) in [6, 6.07) is 12.6. The molecule has 2 saturated heterocycles. The Hall–Kier alpha value is -2.47. The Morgan fingerprint density at radius 3 is 2.55 bits per heavy atom. The molecule has 0 radical (unpaired) electrons. The molecule has 1 atom stereocenters. The summed E-state index contributed by atoms with van der Waals surface area (Å²) in [6.07, 6.45) is 2.54. The van der Waals surface area contributed by atoms with Gasteiger partial charge in [-0.2, -0.15) is 0 Å². The first-order valence-corrected chi connectivity index (χ1v) is 10.6. The highest BCUT2D eigenvalue weighted by Gasteiger charge is 2.36. The number of rotatable bonds is 5. The summed E-state index contributed by atoms with van der Waals surface area (Å²) in [5, 5.41) is 0. The second kappa shape index (κ2) is 8.49. The van der Waals surface area contributed by atoms with Crippen LogP contribution >= 0.6 is 0 Å². The first kappa shape index (κ1) is 19.8. The SMILES string of the molecule is Cc1cc(N2C(=O)OC[C@H]2Cc2ccccc2)nc(C2CCN(C(C)C)CC2)n1. The van der Waals surface area contributed by atoms with Crippen molar-refractivity contribution < 1.29 is 9.53 Å². The maximum atomic E-state index is 12.5. The van der Waals surface area contributed by atoms with Crippen LogP contribution in [0.15, 0.2) is 36.4 Å². The van der Waals surface area contributed by atoms with Crippen molar-refractivity contribution in [1.82, 2.24) is 14.9 Å². The van der Waals surface area contributed by atoms with E-state index in [0.29, 0.717) is 24.4 Å². The summed E-state index contributed by atoms with van der Waals surface area (Å²) in [6.45, 7) is 8.99. The molecule has 6 heteroatoms. The topological polar surface area (TPSA) is 58.6 Å². The Balaban J connectivity index is 1.55. The van der Waals surface area contributed by atoms with E-state index in [1.54, 1.807) is 4.90 Å². The predicted octanol–water partition coefficient (Wildman–Crippen LogP) is 3.94. The van der Waals surface area contributed by atoms with Crippen molar-refractivity contribution in [2.45, 2.75) is 58.0 Å². The number of ether oxygens (including phenoxy) is 1. The Kier molecular flexibility index (Phi) is 5.81. The number of aromatic nitrogens is 2. The van der Waals surface area contributed by atoms with Crippen LogP contribution in [0.1, 0.15) is 49.7 Å². The molecule has 0 spiro atoms. The molecule has 3 heterocycles. The molecular formula is C23H30N4O2. The molecule has 0 bridgehead atoms. The van der Waals surface area contributed by atoms with Gasteiger partial charge in [-0.15, -0.1) is 0 Å². The van der Waals surface area contributed by atoms with E-state index in [2.05, 4.69) is 30.9 Å². The van der Waals surface area contributed by atoms with Gasteiger partial charge >= 0.3 is 6.09 Å². The minimum atomic E-state index is -0.315. The summed E-state index contributed by atoms with van der Waals surface area (Å²) >= 11 is 0. The van der Waals surface area contributed by atoms with E-state index in [0.717, 1.165) is 43.9 Å². The molecule has 0 N–H and O–H groups in total. The molecule has 2 aromatic rings. The highest BCUT2D eigenvalue weighted by molar-refractivity contribution is 5.89. The van der Waals surface area contributed by atoms with Gasteiger partial charge in [-0.1, -0.05) is 30.3 Å². The van der Waals surface area contributed by atoms with E-state index >= 15 is 0 Å². The maximum absolute atomic E-state index is 12.5. The number of amides is 1. The van der Waals surface area contributed by atoms with Gasteiger partial charge in [0.1, 0.15) is 18.2 Å². The average molecular weight is 395 g/mol. The third kappa shape index (κ3) is 4.42. The van der Waals surface area contributed by atoms with Crippen molar-refractivity contribution in [2.24, 2.45) is 0 Å². The monoisotopic (exact) mass is 394 g/mol. The number of carbonyl (C=O) groups is 1. The number of piperidine rings is 1. The first-order chi connectivity index (χ1) is 14.0. The number of aryl methyl sites for hydroxylation is 1. The van der Waals surface area contributed by atoms with E-state index in [-0.39, 0.29) is 12.1 Å². The Bertz CT molecular complexity index is 847.